The molecule has 0 bridgehead atoms. The molecule has 84 valence electrons. The third-order valence-corrected chi connectivity index (χ3v) is 1.46. The Kier molecular flexibility index (Phi) is 8.37. The highest BCUT2D eigenvalue weighted by Crippen LogP contribution is 1.82. The van der Waals surface area contributed by atoms with Crippen LogP contribution < -0.4 is 0 Å². The van der Waals surface area contributed by atoms with Crippen LogP contribution in [0.15, 0.2) is 9.98 Å². The number of carbonyl (C=O) groups is 2. The maximum atomic E-state index is 10.7. The van der Waals surface area contributed by atoms with Gasteiger partial charge in [-0.05, 0) is 0 Å². The SMILES string of the molecule is CCC(=O)N=CCOCC=NC(=O)CC. The lowest BCUT2D eigenvalue weighted by Crippen LogP contribution is -2.02. The Morgan fingerprint density at radius 2 is 1.40 bits per heavy atom. The highest BCUT2D eigenvalue weighted by Gasteiger charge is 1.90. The van der Waals surface area contributed by atoms with Crippen LogP contribution in [-0.4, -0.2) is 37.5 Å². The summed E-state index contributed by atoms with van der Waals surface area (Å²) < 4.78 is 5.02. The number of carbonyl (C=O) groups excluding carboxylic acids is 2. The fraction of sp³-hybridized carbons (Fsp3) is 0.600. The number of hydrogen-bond acceptors (Lipinski definition) is 3. The van der Waals surface area contributed by atoms with Gasteiger partial charge in [0, 0.05) is 25.3 Å². The van der Waals surface area contributed by atoms with Crippen molar-refractivity contribution in [2.24, 2.45) is 9.98 Å². The van der Waals surface area contributed by atoms with E-state index in [0.29, 0.717) is 12.8 Å². The van der Waals surface area contributed by atoms with Crippen LogP contribution in [0.1, 0.15) is 26.7 Å². The van der Waals surface area contributed by atoms with Crippen molar-refractivity contribution in [3.05, 3.63) is 0 Å². The second-order valence-corrected chi connectivity index (χ2v) is 2.66. The minimum Gasteiger partial charge on any atom is -0.370 e. The van der Waals surface area contributed by atoms with Crippen LogP contribution in [0, 0.1) is 0 Å². The van der Waals surface area contributed by atoms with Crippen LogP contribution in [0.2, 0.25) is 0 Å². The van der Waals surface area contributed by atoms with Crippen LogP contribution in [-0.2, 0) is 14.3 Å². The predicted molar refractivity (Wildman–Crippen MR) is 58.4 cm³/mol. The van der Waals surface area contributed by atoms with E-state index in [0.717, 1.165) is 0 Å². The normalized spacial score (nSPS) is 11.3. The third-order valence-electron chi connectivity index (χ3n) is 1.46. The standard InChI is InChI=1S/C10H16N2O3/c1-3-9(13)11-5-7-15-8-6-12-10(14)4-2/h5-6H,3-4,7-8H2,1-2H3. The van der Waals surface area contributed by atoms with Gasteiger partial charge < -0.3 is 4.74 Å². The molecule has 2 amide bonds. The van der Waals surface area contributed by atoms with Crippen molar-refractivity contribution in [1.82, 2.24) is 0 Å². The molecule has 0 rings (SSSR count). The van der Waals surface area contributed by atoms with Gasteiger partial charge in [-0.3, -0.25) is 9.59 Å². The summed E-state index contributed by atoms with van der Waals surface area (Å²) in [5, 5.41) is 0. The molecule has 0 aliphatic carbocycles. The number of rotatable bonds is 6. The first-order valence-electron chi connectivity index (χ1n) is 4.89. The van der Waals surface area contributed by atoms with E-state index < -0.39 is 0 Å². The molecule has 5 heteroatoms. The Labute approximate surface area is 89.3 Å². The summed E-state index contributed by atoms with van der Waals surface area (Å²) in [7, 11) is 0. The number of aliphatic imine (C=N–C) groups is 2. The van der Waals surface area contributed by atoms with E-state index in [2.05, 4.69) is 9.98 Å². The van der Waals surface area contributed by atoms with Crippen LogP contribution >= 0.6 is 0 Å². The zero-order chi connectivity index (χ0) is 11.5. The lowest BCUT2D eigenvalue weighted by Gasteiger charge is -1.93. The maximum absolute atomic E-state index is 10.7. The topological polar surface area (TPSA) is 68.1 Å². The molecule has 0 aromatic carbocycles. The second kappa shape index (κ2) is 9.21. The molecule has 0 N–H and O–H groups in total. The average Bonchev–Trinajstić information content (AvgIpc) is 2.26. The van der Waals surface area contributed by atoms with Crippen molar-refractivity contribution < 1.29 is 14.3 Å². The van der Waals surface area contributed by atoms with Gasteiger partial charge in [0.15, 0.2) is 0 Å². The fourth-order valence-corrected chi connectivity index (χ4v) is 0.634. The van der Waals surface area contributed by atoms with E-state index in [1.807, 2.05) is 0 Å². The predicted octanol–water partition coefficient (Wildman–Crippen LogP) is 1.02. The van der Waals surface area contributed by atoms with E-state index in [1.54, 1.807) is 13.8 Å². The van der Waals surface area contributed by atoms with Crippen molar-refractivity contribution in [1.29, 1.82) is 0 Å². The summed E-state index contributed by atoms with van der Waals surface area (Å²) in [6.07, 6.45) is 3.59. The summed E-state index contributed by atoms with van der Waals surface area (Å²) in [5.74, 6) is -0.346. The Balaban J connectivity index is 3.47. The van der Waals surface area contributed by atoms with Gasteiger partial charge in [0.2, 0.25) is 11.8 Å². The quantitative estimate of drug-likeness (QED) is 0.487. The van der Waals surface area contributed by atoms with Crippen LogP contribution in [0.25, 0.3) is 0 Å². The van der Waals surface area contributed by atoms with Gasteiger partial charge in [-0.25, -0.2) is 9.98 Å². The zero-order valence-electron chi connectivity index (χ0n) is 9.10. The molecule has 0 aliphatic rings. The Morgan fingerprint density at radius 3 is 1.73 bits per heavy atom. The number of hydrogen-bond donors (Lipinski definition) is 0. The maximum Gasteiger partial charge on any atom is 0.245 e. The monoisotopic (exact) mass is 212 g/mol. The molecule has 0 saturated heterocycles. The molecule has 0 aromatic rings. The molecule has 0 saturated carbocycles. The number of amides is 2. The minimum atomic E-state index is -0.173. The smallest absolute Gasteiger partial charge is 0.245 e. The largest absolute Gasteiger partial charge is 0.370 e. The first-order chi connectivity index (χ1) is 7.20. The van der Waals surface area contributed by atoms with Gasteiger partial charge in [0.05, 0.1) is 13.2 Å². The van der Waals surface area contributed by atoms with Crippen molar-refractivity contribution in [3.63, 3.8) is 0 Å². The summed E-state index contributed by atoms with van der Waals surface area (Å²) in [5.41, 5.74) is 0. The molecule has 15 heavy (non-hydrogen) atoms. The summed E-state index contributed by atoms with van der Waals surface area (Å²) in [4.78, 5) is 28.6. The van der Waals surface area contributed by atoms with Crippen LogP contribution in [0.4, 0.5) is 0 Å². The van der Waals surface area contributed by atoms with E-state index in [9.17, 15) is 9.59 Å². The molecule has 0 aliphatic heterocycles. The van der Waals surface area contributed by atoms with Crippen molar-refractivity contribution in [2.75, 3.05) is 13.2 Å². The minimum absolute atomic E-state index is 0.173. The molecular weight excluding hydrogens is 196 g/mol. The first kappa shape index (κ1) is 13.6. The highest BCUT2D eigenvalue weighted by molar-refractivity contribution is 5.85. The lowest BCUT2D eigenvalue weighted by atomic mass is 10.5. The summed E-state index contributed by atoms with van der Waals surface area (Å²) in [6.45, 7) is 3.98. The van der Waals surface area contributed by atoms with E-state index in [1.165, 1.54) is 12.4 Å². The van der Waals surface area contributed by atoms with E-state index in [-0.39, 0.29) is 25.0 Å². The Hall–Kier alpha value is -1.36. The van der Waals surface area contributed by atoms with Gasteiger partial charge in [0.1, 0.15) is 0 Å². The first-order valence-corrected chi connectivity index (χ1v) is 4.89. The molecule has 0 radical (unpaired) electrons. The van der Waals surface area contributed by atoms with Gasteiger partial charge in [-0.2, -0.15) is 0 Å². The summed E-state index contributed by atoms with van der Waals surface area (Å²) in [6, 6.07) is 0. The molecule has 0 aromatic heterocycles. The van der Waals surface area contributed by atoms with Gasteiger partial charge in [-0.1, -0.05) is 13.8 Å². The Morgan fingerprint density at radius 1 is 1.00 bits per heavy atom. The molecule has 0 spiro atoms. The summed E-state index contributed by atoms with van der Waals surface area (Å²) >= 11 is 0. The van der Waals surface area contributed by atoms with E-state index in [4.69, 9.17) is 4.74 Å². The second-order valence-electron chi connectivity index (χ2n) is 2.66. The Bertz CT molecular complexity index is 233. The van der Waals surface area contributed by atoms with Gasteiger partial charge in [0.25, 0.3) is 0 Å². The van der Waals surface area contributed by atoms with Crippen molar-refractivity contribution >= 4 is 24.2 Å². The highest BCUT2D eigenvalue weighted by atomic mass is 16.5. The van der Waals surface area contributed by atoms with Gasteiger partial charge >= 0.3 is 0 Å². The van der Waals surface area contributed by atoms with Crippen molar-refractivity contribution in [3.8, 4) is 0 Å². The van der Waals surface area contributed by atoms with E-state index >= 15 is 0 Å². The van der Waals surface area contributed by atoms with Crippen LogP contribution in [0.5, 0.6) is 0 Å². The molecule has 0 heterocycles. The number of nitrogens with zero attached hydrogens (tertiary/aromatic N) is 2. The molecular formula is C10H16N2O3. The molecule has 0 fully saturated rings. The molecule has 0 unspecified atom stereocenters. The lowest BCUT2D eigenvalue weighted by molar-refractivity contribution is -0.118. The van der Waals surface area contributed by atoms with Gasteiger partial charge in [-0.15, -0.1) is 0 Å². The van der Waals surface area contributed by atoms with Crippen LogP contribution in [0.3, 0.4) is 0 Å². The number of ether oxygens (including phenoxy) is 1. The fourth-order valence-electron chi connectivity index (χ4n) is 0.634. The third kappa shape index (κ3) is 8.96. The molecule has 0 atom stereocenters. The van der Waals surface area contributed by atoms with Crippen molar-refractivity contribution in [2.45, 2.75) is 26.7 Å². The average molecular weight is 212 g/mol. The molecule has 5 nitrogen and oxygen atoms in total. The zero-order valence-corrected chi connectivity index (χ0v) is 9.10.